The van der Waals surface area contributed by atoms with Gasteiger partial charge in [-0.15, -0.1) is 0 Å². The molecule has 1 aromatic heterocycles. The lowest BCUT2D eigenvalue weighted by Crippen LogP contribution is -2.17. The molecule has 98 valence electrons. The zero-order chi connectivity index (χ0) is 13.2. The highest BCUT2D eigenvalue weighted by Crippen LogP contribution is 2.32. The predicted molar refractivity (Wildman–Crippen MR) is 79.3 cm³/mol. The highest BCUT2D eigenvalue weighted by Gasteiger charge is 2.22. The van der Waals surface area contributed by atoms with Crippen molar-refractivity contribution in [3.05, 3.63) is 53.3 Å². The van der Waals surface area contributed by atoms with Gasteiger partial charge in [0.25, 0.3) is 0 Å². The minimum Gasteiger partial charge on any atom is -0.299 e. The summed E-state index contributed by atoms with van der Waals surface area (Å²) in [5.74, 6) is 0. The summed E-state index contributed by atoms with van der Waals surface area (Å²) in [4.78, 5) is 6.80. The van der Waals surface area contributed by atoms with Crippen molar-refractivity contribution in [2.24, 2.45) is 0 Å². The second kappa shape index (κ2) is 5.32. The number of likely N-dealkylation sites (tertiary alicyclic amines) is 1. The van der Waals surface area contributed by atoms with Gasteiger partial charge in [0.2, 0.25) is 0 Å². The molecule has 0 N–H and O–H groups in total. The fraction of sp³-hybridized carbons (Fsp3) is 0.312. The van der Waals surface area contributed by atoms with Gasteiger partial charge in [-0.3, -0.25) is 9.88 Å². The minimum absolute atomic E-state index is 0.506. The highest BCUT2D eigenvalue weighted by atomic mass is 35.5. The van der Waals surface area contributed by atoms with Gasteiger partial charge in [0, 0.05) is 29.0 Å². The maximum Gasteiger partial charge on any atom is 0.0412 e. The van der Waals surface area contributed by atoms with Crippen LogP contribution in [0.4, 0.5) is 0 Å². The van der Waals surface area contributed by atoms with E-state index in [4.69, 9.17) is 11.6 Å². The lowest BCUT2D eigenvalue weighted by Gasteiger charge is -2.19. The minimum atomic E-state index is 0.506. The number of rotatable bonds is 2. The molecule has 1 aromatic carbocycles. The Bertz CT molecular complexity index is 582. The van der Waals surface area contributed by atoms with Crippen LogP contribution >= 0.6 is 11.6 Å². The number of hydrogen-bond acceptors (Lipinski definition) is 2. The summed E-state index contributed by atoms with van der Waals surface area (Å²) < 4.78 is 0. The van der Waals surface area contributed by atoms with Gasteiger partial charge in [-0.1, -0.05) is 23.7 Å². The van der Waals surface area contributed by atoms with E-state index in [1.165, 1.54) is 24.9 Å². The summed E-state index contributed by atoms with van der Waals surface area (Å²) in [6.45, 7) is 1.17. The van der Waals surface area contributed by atoms with Crippen LogP contribution in [0.3, 0.4) is 0 Å². The summed E-state index contributed by atoms with van der Waals surface area (Å²) in [6.07, 6.45) is 6.38. The smallest absolute Gasteiger partial charge is 0.0412 e. The van der Waals surface area contributed by atoms with E-state index in [0.29, 0.717) is 6.04 Å². The van der Waals surface area contributed by atoms with E-state index in [0.717, 1.165) is 16.1 Å². The van der Waals surface area contributed by atoms with E-state index in [-0.39, 0.29) is 0 Å². The fourth-order valence-corrected chi connectivity index (χ4v) is 2.99. The average Bonchev–Trinajstić information content (AvgIpc) is 2.85. The van der Waals surface area contributed by atoms with E-state index in [1.807, 2.05) is 30.6 Å². The Morgan fingerprint density at radius 2 is 2.11 bits per heavy atom. The van der Waals surface area contributed by atoms with Gasteiger partial charge in [-0.05, 0) is 55.8 Å². The molecule has 0 aliphatic carbocycles. The van der Waals surface area contributed by atoms with Crippen LogP contribution in [-0.2, 0) is 0 Å². The first-order chi connectivity index (χ1) is 9.24. The van der Waals surface area contributed by atoms with Crippen LogP contribution in [0.2, 0.25) is 5.02 Å². The van der Waals surface area contributed by atoms with Crippen LogP contribution in [0.5, 0.6) is 0 Å². The molecule has 1 atom stereocenters. The van der Waals surface area contributed by atoms with Gasteiger partial charge in [-0.25, -0.2) is 0 Å². The summed E-state index contributed by atoms with van der Waals surface area (Å²) in [6, 6.07) is 10.7. The van der Waals surface area contributed by atoms with E-state index in [2.05, 4.69) is 29.1 Å². The molecule has 0 bridgehead atoms. The molecule has 2 aromatic rings. The first kappa shape index (κ1) is 12.6. The molecule has 0 radical (unpaired) electrons. The molecule has 3 heteroatoms. The Morgan fingerprint density at radius 1 is 1.21 bits per heavy atom. The quantitative estimate of drug-likeness (QED) is 0.816. The zero-order valence-corrected chi connectivity index (χ0v) is 11.8. The van der Waals surface area contributed by atoms with Crippen LogP contribution in [0.1, 0.15) is 24.4 Å². The van der Waals surface area contributed by atoms with Crippen LogP contribution in [0.25, 0.3) is 11.1 Å². The van der Waals surface area contributed by atoms with Crippen LogP contribution < -0.4 is 0 Å². The van der Waals surface area contributed by atoms with E-state index < -0.39 is 0 Å². The third-order valence-corrected chi connectivity index (χ3v) is 4.06. The average molecular weight is 273 g/mol. The molecule has 1 fully saturated rings. The topological polar surface area (TPSA) is 16.1 Å². The van der Waals surface area contributed by atoms with Crippen molar-refractivity contribution in [1.82, 2.24) is 9.88 Å². The third-order valence-electron chi connectivity index (χ3n) is 3.82. The number of halogens is 1. The Balaban J connectivity index is 1.96. The van der Waals surface area contributed by atoms with Crippen molar-refractivity contribution in [3.8, 4) is 11.1 Å². The molecule has 1 unspecified atom stereocenters. The Labute approximate surface area is 119 Å². The summed E-state index contributed by atoms with van der Waals surface area (Å²) in [7, 11) is 2.18. The maximum atomic E-state index is 6.06. The maximum absolute atomic E-state index is 6.06. The molecule has 1 aliphatic heterocycles. The fourth-order valence-electron chi connectivity index (χ4n) is 2.80. The number of aromatic nitrogens is 1. The number of benzene rings is 1. The van der Waals surface area contributed by atoms with Crippen molar-refractivity contribution in [3.63, 3.8) is 0 Å². The molecule has 3 rings (SSSR count). The molecular formula is C16H17ClN2. The van der Waals surface area contributed by atoms with E-state index in [1.54, 1.807) is 0 Å². The number of hydrogen-bond donors (Lipinski definition) is 0. The largest absolute Gasteiger partial charge is 0.299 e. The number of nitrogens with zero attached hydrogens (tertiary/aromatic N) is 2. The van der Waals surface area contributed by atoms with E-state index >= 15 is 0 Å². The third kappa shape index (κ3) is 2.65. The van der Waals surface area contributed by atoms with Crippen molar-refractivity contribution in [2.45, 2.75) is 18.9 Å². The van der Waals surface area contributed by atoms with Gasteiger partial charge < -0.3 is 0 Å². The lowest BCUT2D eigenvalue weighted by atomic mass is 10.0. The molecule has 2 heterocycles. The van der Waals surface area contributed by atoms with Gasteiger partial charge >= 0.3 is 0 Å². The highest BCUT2D eigenvalue weighted by molar-refractivity contribution is 6.30. The SMILES string of the molecule is CN1CCCC1c1cncc(-c2cccc(Cl)c2)c1. The van der Waals surface area contributed by atoms with Crippen molar-refractivity contribution in [2.75, 3.05) is 13.6 Å². The molecular weight excluding hydrogens is 256 g/mol. The molecule has 19 heavy (non-hydrogen) atoms. The van der Waals surface area contributed by atoms with Crippen LogP contribution in [0.15, 0.2) is 42.7 Å². The monoisotopic (exact) mass is 272 g/mol. The van der Waals surface area contributed by atoms with Crippen molar-refractivity contribution < 1.29 is 0 Å². The van der Waals surface area contributed by atoms with Crippen molar-refractivity contribution >= 4 is 11.6 Å². The molecule has 1 aliphatic rings. The number of pyridine rings is 1. The standard InChI is InChI=1S/C16H17ClN2/c1-19-7-3-6-16(19)14-8-13(10-18-11-14)12-4-2-5-15(17)9-12/h2,4-5,8-11,16H,3,6-7H2,1H3. The first-order valence-electron chi connectivity index (χ1n) is 6.65. The molecule has 0 spiro atoms. The molecule has 1 saturated heterocycles. The molecule has 0 amide bonds. The molecule has 0 saturated carbocycles. The summed E-state index contributed by atoms with van der Waals surface area (Å²) >= 11 is 6.06. The Hall–Kier alpha value is -1.38. The van der Waals surface area contributed by atoms with Gasteiger partial charge in [-0.2, -0.15) is 0 Å². The van der Waals surface area contributed by atoms with E-state index in [9.17, 15) is 0 Å². The van der Waals surface area contributed by atoms with Crippen LogP contribution in [-0.4, -0.2) is 23.5 Å². The van der Waals surface area contributed by atoms with Crippen molar-refractivity contribution in [1.29, 1.82) is 0 Å². The Morgan fingerprint density at radius 3 is 2.84 bits per heavy atom. The molecule has 2 nitrogen and oxygen atoms in total. The lowest BCUT2D eigenvalue weighted by molar-refractivity contribution is 0.317. The van der Waals surface area contributed by atoms with Crippen LogP contribution in [0, 0.1) is 0 Å². The van der Waals surface area contributed by atoms with Gasteiger partial charge in [0.05, 0.1) is 0 Å². The summed E-state index contributed by atoms with van der Waals surface area (Å²) in [5.41, 5.74) is 3.57. The summed E-state index contributed by atoms with van der Waals surface area (Å²) in [5, 5.41) is 0.765. The Kier molecular flexibility index (Phi) is 3.54. The second-order valence-electron chi connectivity index (χ2n) is 5.16. The second-order valence-corrected chi connectivity index (χ2v) is 5.59. The van der Waals surface area contributed by atoms with Gasteiger partial charge in [0.1, 0.15) is 0 Å². The van der Waals surface area contributed by atoms with Gasteiger partial charge in [0.15, 0.2) is 0 Å². The normalized spacial score (nSPS) is 19.8. The zero-order valence-electron chi connectivity index (χ0n) is 11.0. The first-order valence-corrected chi connectivity index (χ1v) is 7.03. The predicted octanol–water partition coefficient (Wildman–Crippen LogP) is 4.17.